The lowest BCUT2D eigenvalue weighted by atomic mass is 10.2. The van der Waals surface area contributed by atoms with Gasteiger partial charge in [-0.3, -0.25) is 14.3 Å². The number of methoxy groups -OCH3 is 1. The highest BCUT2D eigenvalue weighted by Crippen LogP contribution is 2.29. The van der Waals surface area contributed by atoms with Crippen LogP contribution in [0.3, 0.4) is 0 Å². The average Bonchev–Trinajstić information content (AvgIpc) is 3.16. The molecule has 1 aromatic carbocycles. The molecule has 3 rings (SSSR count). The molecule has 1 atom stereocenters. The van der Waals surface area contributed by atoms with Crippen LogP contribution in [0, 0.1) is 0 Å². The van der Waals surface area contributed by atoms with Gasteiger partial charge in [-0.25, -0.2) is 0 Å². The van der Waals surface area contributed by atoms with Crippen molar-refractivity contribution in [3.05, 3.63) is 48.8 Å². The van der Waals surface area contributed by atoms with E-state index in [2.05, 4.69) is 20.5 Å². The number of pyridine rings is 1. The minimum absolute atomic E-state index is 0.0231. The van der Waals surface area contributed by atoms with Crippen LogP contribution in [0.2, 0.25) is 0 Å². The Kier molecular flexibility index (Phi) is 6.65. The molecule has 0 fully saturated rings. The zero-order chi connectivity index (χ0) is 19.9. The van der Waals surface area contributed by atoms with Crippen LogP contribution in [0.1, 0.15) is 20.3 Å². The van der Waals surface area contributed by atoms with E-state index in [4.69, 9.17) is 4.74 Å². The summed E-state index contributed by atoms with van der Waals surface area (Å²) in [6, 6.07) is 11.6. The number of carbonyl (C=O) groups is 1. The van der Waals surface area contributed by atoms with Gasteiger partial charge in [0.15, 0.2) is 11.0 Å². The molecule has 2 heterocycles. The van der Waals surface area contributed by atoms with E-state index in [9.17, 15) is 4.79 Å². The SMILES string of the molecule is CC[C@H](C)NC(=O)CSc1nnc(-c2ccncc2)n1-c1cccc(OC)c1. The quantitative estimate of drug-likeness (QED) is 0.587. The highest BCUT2D eigenvalue weighted by Gasteiger charge is 2.18. The second-order valence-electron chi connectivity index (χ2n) is 6.24. The molecule has 0 aliphatic carbocycles. The van der Waals surface area contributed by atoms with E-state index in [0.29, 0.717) is 11.0 Å². The third kappa shape index (κ3) is 4.69. The van der Waals surface area contributed by atoms with Crippen molar-refractivity contribution >= 4 is 17.7 Å². The van der Waals surface area contributed by atoms with Gasteiger partial charge in [0.05, 0.1) is 18.6 Å². The second kappa shape index (κ2) is 9.36. The van der Waals surface area contributed by atoms with Crippen LogP contribution >= 0.6 is 11.8 Å². The predicted octanol–water partition coefficient (Wildman–Crippen LogP) is 3.34. The fourth-order valence-electron chi connectivity index (χ4n) is 2.58. The Hall–Kier alpha value is -2.87. The summed E-state index contributed by atoms with van der Waals surface area (Å²) in [5.74, 6) is 1.66. The molecule has 0 aliphatic heterocycles. The second-order valence-corrected chi connectivity index (χ2v) is 7.19. The smallest absolute Gasteiger partial charge is 0.230 e. The molecule has 1 N–H and O–H groups in total. The van der Waals surface area contributed by atoms with Crippen LogP contribution in [-0.4, -0.2) is 44.6 Å². The van der Waals surface area contributed by atoms with Gasteiger partial charge >= 0.3 is 0 Å². The summed E-state index contributed by atoms with van der Waals surface area (Å²) >= 11 is 1.35. The fraction of sp³-hybridized carbons (Fsp3) is 0.300. The molecule has 0 bridgehead atoms. The monoisotopic (exact) mass is 397 g/mol. The first kappa shape index (κ1) is 19.9. The van der Waals surface area contributed by atoms with Crippen molar-refractivity contribution in [2.24, 2.45) is 0 Å². The fourth-order valence-corrected chi connectivity index (χ4v) is 3.35. The Bertz CT molecular complexity index is 929. The standard InChI is InChI=1S/C20H23N5O2S/c1-4-14(2)22-18(26)13-28-20-24-23-19(15-8-10-21-11-9-15)25(20)16-6-5-7-17(12-16)27-3/h5-12,14H,4,13H2,1-3H3,(H,22,26)/t14-/m0/s1. The summed E-state index contributed by atoms with van der Waals surface area (Å²) in [6.45, 7) is 4.03. The molecule has 0 unspecified atom stereocenters. The van der Waals surface area contributed by atoms with Gasteiger partial charge in [0.2, 0.25) is 5.91 Å². The third-order valence-electron chi connectivity index (χ3n) is 4.24. The van der Waals surface area contributed by atoms with Crippen molar-refractivity contribution in [1.29, 1.82) is 0 Å². The van der Waals surface area contributed by atoms with Gasteiger partial charge in [-0.2, -0.15) is 0 Å². The van der Waals surface area contributed by atoms with Crippen LogP contribution in [0.25, 0.3) is 17.1 Å². The van der Waals surface area contributed by atoms with Crippen molar-refractivity contribution < 1.29 is 9.53 Å². The molecule has 2 aromatic heterocycles. The van der Waals surface area contributed by atoms with Gasteiger partial charge in [0, 0.05) is 30.1 Å². The van der Waals surface area contributed by atoms with E-state index in [0.717, 1.165) is 23.4 Å². The van der Waals surface area contributed by atoms with Gasteiger partial charge in [-0.1, -0.05) is 24.8 Å². The van der Waals surface area contributed by atoms with Crippen LogP contribution in [0.5, 0.6) is 5.75 Å². The molecule has 1 amide bonds. The largest absolute Gasteiger partial charge is 0.497 e. The number of amides is 1. The number of hydrogen-bond donors (Lipinski definition) is 1. The molecule has 0 saturated heterocycles. The summed E-state index contributed by atoms with van der Waals surface area (Å²) in [5, 5.41) is 12.3. The molecule has 28 heavy (non-hydrogen) atoms. The molecular weight excluding hydrogens is 374 g/mol. The number of nitrogens with zero attached hydrogens (tertiary/aromatic N) is 4. The van der Waals surface area contributed by atoms with E-state index in [1.807, 2.05) is 54.8 Å². The number of nitrogens with one attached hydrogen (secondary N) is 1. The molecular formula is C20H23N5O2S. The van der Waals surface area contributed by atoms with Crippen molar-refractivity contribution in [1.82, 2.24) is 25.1 Å². The highest BCUT2D eigenvalue weighted by molar-refractivity contribution is 7.99. The van der Waals surface area contributed by atoms with Crippen LogP contribution in [0.15, 0.2) is 53.9 Å². The van der Waals surface area contributed by atoms with Crippen LogP contribution in [0.4, 0.5) is 0 Å². The lowest BCUT2D eigenvalue weighted by molar-refractivity contribution is -0.119. The number of benzene rings is 1. The molecule has 3 aromatic rings. The Morgan fingerprint density at radius 1 is 1.25 bits per heavy atom. The van der Waals surface area contributed by atoms with Crippen molar-refractivity contribution in [2.45, 2.75) is 31.5 Å². The molecule has 0 aliphatic rings. The third-order valence-corrected chi connectivity index (χ3v) is 5.16. The maximum absolute atomic E-state index is 12.2. The number of ether oxygens (including phenoxy) is 1. The minimum atomic E-state index is -0.0231. The first-order valence-electron chi connectivity index (χ1n) is 9.04. The lowest BCUT2D eigenvalue weighted by Crippen LogP contribution is -2.33. The first-order valence-corrected chi connectivity index (χ1v) is 10.0. The average molecular weight is 398 g/mol. The van der Waals surface area contributed by atoms with Gasteiger partial charge in [0.1, 0.15) is 5.75 Å². The number of aromatic nitrogens is 4. The molecule has 0 radical (unpaired) electrons. The lowest BCUT2D eigenvalue weighted by Gasteiger charge is -2.13. The van der Waals surface area contributed by atoms with E-state index in [1.165, 1.54) is 11.8 Å². The maximum atomic E-state index is 12.2. The topological polar surface area (TPSA) is 81.9 Å². The van der Waals surface area contributed by atoms with Crippen molar-refractivity contribution in [2.75, 3.05) is 12.9 Å². The van der Waals surface area contributed by atoms with E-state index < -0.39 is 0 Å². The van der Waals surface area contributed by atoms with Gasteiger partial charge in [-0.05, 0) is 37.6 Å². The maximum Gasteiger partial charge on any atom is 0.230 e. The molecule has 0 saturated carbocycles. The zero-order valence-electron chi connectivity index (χ0n) is 16.1. The molecule has 7 nitrogen and oxygen atoms in total. The number of rotatable bonds is 8. The minimum Gasteiger partial charge on any atom is -0.497 e. The van der Waals surface area contributed by atoms with E-state index in [1.54, 1.807) is 19.5 Å². The highest BCUT2D eigenvalue weighted by atomic mass is 32.2. The molecule has 0 spiro atoms. The molecule has 146 valence electrons. The Morgan fingerprint density at radius 3 is 2.75 bits per heavy atom. The van der Waals surface area contributed by atoms with Gasteiger partial charge in [0.25, 0.3) is 0 Å². The van der Waals surface area contributed by atoms with Gasteiger partial charge in [-0.15, -0.1) is 10.2 Å². The Labute approximate surface area is 168 Å². The summed E-state index contributed by atoms with van der Waals surface area (Å²) in [4.78, 5) is 16.3. The summed E-state index contributed by atoms with van der Waals surface area (Å²) < 4.78 is 7.29. The summed E-state index contributed by atoms with van der Waals surface area (Å²) in [5.41, 5.74) is 1.75. The van der Waals surface area contributed by atoms with Crippen LogP contribution in [-0.2, 0) is 4.79 Å². The Morgan fingerprint density at radius 2 is 2.04 bits per heavy atom. The number of carbonyl (C=O) groups excluding carboxylic acids is 1. The van der Waals surface area contributed by atoms with E-state index in [-0.39, 0.29) is 17.7 Å². The van der Waals surface area contributed by atoms with Crippen LogP contribution < -0.4 is 10.1 Å². The first-order chi connectivity index (χ1) is 13.6. The van der Waals surface area contributed by atoms with Gasteiger partial charge < -0.3 is 10.1 Å². The van der Waals surface area contributed by atoms with E-state index >= 15 is 0 Å². The summed E-state index contributed by atoms with van der Waals surface area (Å²) in [6.07, 6.45) is 4.32. The predicted molar refractivity (Wildman–Crippen MR) is 110 cm³/mol. The normalized spacial score (nSPS) is 11.8. The summed E-state index contributed by atoms with van der Waals surface area (Å²) in [7, 11) is 1.63. The zero-order valence-corrected chi connectivity index (χ0v) is 16.9. The Balaban J connectivity index is 1.94. The number of hydrogen-bond acceptors (Lipinski definition) is 6. The van der Waals surface area contributed by atoms with Crippen molar-refractivity contribution in [3.63, 3.8) is 0 Å². The number of thioether (sulfide) groups is 1. The van der Waals surface area contributed by atoms with Crippen molar-refractivity contribution in [3.8, 4) is 22.8 Å². The molecule has 8 heteroatoms.